The molecule has 3 saturated carbocycles. The molecule has 1 aromatic carbocycles. The molecule has 1 spiro atoms. The van der Waals surface area contributed by atoms with Crippen molar-refractivity contribution in [2.75, 3.05) is 26.2 Å². The fourth-order valence-corrected chi connectivity index (χ4v) is 5.74. The number of nitrogens with zero attached hydrogens (tertiary/aromatic N) is 2. The second kappa shape index (κ2) is 6.75. The van der Waals surface area contributed by atoms with Crippen molar-refractivity contribution in [2.24, 2.45) is 17.8 Å². The predicted molar refractivity (Wildman–Crippen MR) is 105 cm³/mol. The minimum atomic E-state index is -0.682. The van der Waals surface area contributed by atoms with Crippen molar-refractivity contribution < 1.29 is 19.1 Å². The molecule has 7 heteroatoms. The maximum atomic E-state index is 13.2. The fourth-order valence-electron chi connectivity index (χ4n) is 5.74. The van der Waals surface area contributed by atoms with Gasteiger partial charge in [-0.1, -0.05) is 12.1 Å². The summed E-state index contributed by atoms with van der Waals surface area (Å²) in [6.07, 6.45) is 3.40. The zero-order chi connectivity index (χ0) is 20.2. The Morgan fingerprint density at radius 2 is 1.83 bits per heavy atom. The molecule has 2 bridgehead atoms. The Labute approximate surface area is 170 Å². The summed E-state index contributed by atoms with van der Waals surface area (Å²) in [4.78, 5) is 41.2. The quantitative estimate of drug-likeness (QED) is 0.781. The molecule has 4 fully saturated rings. The van der Waals surface area contributed by atoms with Crippen LogP contribution in [0, 0.1) is 17.8 Å². The predicted octanol–water partition coefficient (Wildman–Crippen LogP) is 1.63. The highest BCUT2D eigenvalue weighted by Crippen LogP contribution is 2.52. The maximum Gasteiger partial charge on any atom is 0.258 e. The van der Waals surface area contributed by atoms with E-state index in [0.717, 1.165) is 19.3 Å². The van der Waals surface area contributed by atoms with Crippen LogP contribution in [0.1, 0.15) is 43.0 Å². The van der Waals surface area contributed by atoms with Gasteiger partial charge in [-0.05, 0) is 37.3 Å². The van der Waals surface area contributed by atoms with E-state index in [-0.39, 0.29) is 35.5 Å². The first kappa shape index (κ1) is 18.5. The number of fused-ring (bicyclic) bond motifs is 3. The largest absolute Gasteiger partial charge is 0.467 e. The fraction of sp³-hybridized carbons (Fsp3) is 0.591. The topological polar surface area (TPSA) is 79.0 Å². The molecule has 6 rings (SSSR count). The van der Waals surface area contributed by atoms with Gasteiger partial charge in [0.25, 0.3) is 5.91 Å². The van der Waals surface area contributed by atoms with E-state index < -0.39 is 5.72 Å². The van der Waals surface area contributed by atoms with Crippen LogP contribution in [0.5, 0.6) is 5.75 Å². The summed E-state index contributed by atoms with van der Waals surface area (Å²) < 4.78 is 6.38. The van der Waals surface area contributed by atoms with Crippen LogP contribution in [-0.2, 0) is 9.59 Å². The maximum absolute atomic E-state index is 13.2. The molecule has 1 saturated heterocycles. The van der Waals surface area contributed by atoms with Crippen LogP contribution < -0.4 is 10.1 Å². The first-order valence-electron chi connectivity index (χ1n) is 10.6. The van der Waals surface area contributed by atoms with Gasteiger partial charge in [-0.15, -0.1) is 0 Å². The smallest absolute Gasteiger partial charge is 0.258 e. The molecule has 3 amide bonds. The number of hydrogen-bond acceptors (Lipinski definition) is 4. The second-order valence-corrected chi connectivity index (χ2v) is 8.85. The van der Waals surface area contributed by atoms with Crippen LogP contribution in [0.15, 0.2) is 24.3 Å². The van der Waals surface area contributed by atoms with E-state index in [1.165, 1.54) is 0 Å². The highest BCUT2D eigenvalue weighted by Gasteiger charge is 2.57. The lowest BCUT2D eigenvalue weighted by atomic mass is 9.59. The van der Waals surface area contributed by atoms with Crippen molar-refractivity contribution in [3.8, 4) is 5.75 Å². The summed E-state index contributed by atoms with van der Waals surface area (Å²) in [7, 11) is 0. The first-order valence-corrected chi connectivity index (χ1v) is 10.6. The van der Waals surface area contributed by atoms with Crippen LogP contribution in [0.4, 0.5) is 0 Å². The summed E-state index contributed by atoms with van der Waals surface area (Å²) in [6.45, 7) is 4.02. The van der Waals surface area contributed by atoms with Crippen molar-refractivity contribution >= 4 is 17.7 Å². The number of ether oxygens (including phenoxy) is 1. The molecule has 7 nitrogen and oxygen atoms in total. The number of amides is 3. The molecular formula is C22H27N3O4. The molecule has 0 aromatic heterocycles. The molecule has 2 heterocycles. The van der Waals surface area contributed by atoms with E-state index in [4.69, 9.17) is 4.74 Å². The second-order valence-electron chi connectivity index (χ2n) is 8.85. The third-order valence-corrected chi connectivity index (χ3v) is 7.32. The van der Waals surface area contributed by atoms with Crippen LogP contribution in [0.2, 0.25) is 0 Å². The molecule has 1 N–H and O–H groups in total. The van der Waals surface area contributed by atoms with Crippen molar-refractivity contribution in [1.82, 2.24) is 15.1 Å². The van der Waals surface area contributed by atoms with E-state index in [0.29, 0.717) is 43.9 Å². The van der Waals surface area contributed by atoms with Gasteiger partial charge < -0.3 is 19.9 Å². The number of nitrogens with one attached hydrogen (secondary N) is 1. The number of para-hydroxylation sites is 1. The standard InChI is InChI=1S/C22H27N3O4/c1-14(26)24-8-10-25(11-9-24)21(28)18-12-16-7-6-15(18)13-22(16)23-20(27)17-4-2-3-5-19(17)29-22/h2-5,15-16,18H,6-13H2,1H3,(H,23,27)/t15-,16+,18+,22+/m1/s1. The van der Waals surface area contributed by atoms with Gasteiger partial charge in [0, 0.05) is 51.4 Å². The average Bonchev–Trinajstić information content (AvgIpc) is 2.73. The summed E-state index contributed by atoms with van der Waals surface area (Å²) in [5.74, 6) is 1.18. The van der Waals surface area contributed by atoms with Crippen molar-refractivity contribution in [3.05, 3.63) is 29.8 Å². The molecule has 154 valence electrons. The van der Waals surface area contributed by atoms with E-state index in [1.54, 1.807) is 17.9 Å². The van der Waals surface area contributed by atoms with Crippen LogP contribution in [0.3, 0.4) is 0 Å². The van der Waals surface area contributed by atoms with Gasteiger partial charge in [0.1, 0.15) is 5.75 Å². The van der Waals surface area contributed by atoms with Gasteiger partial charge in [0.05, 0.1) is 5.56 Å². The highest BCUT2D eigenvalue weighted by molar-refractivity contribution is 5.98. The lowest BCUT2D eigenvalue weighted by Crippen LogP contribution is -2.67. The lowest BCUT2D eigenvalue weighted by Gasteiger charge is -2.55. The zero-order valence-electron chi connectivity index (χ0n) is 16.7. The number of carbonyl (C=O) groups excluding carboxylic acids is 3. The molecule has 5 aliphatic rings. The van der Waals surface area contributed by atoms with Crippen LogP contribution in [0.25, 0.3) is 0 Å². The molecular weight excluding hydrogens is 370 g/mol. The van der Waals surface area contributed by atoms with Gasteiger partial charge in [-0.3, -0.25) is 14.4 Å². The number of benzene rings is 1. The minimum absolute atomic E-state index is 0.0130. The van der Waals surface area contributed by atoms with Gasteiger partial charge in [-0.2, -0.15) is 0 Å². The molecule has 3 aliphatic carbocycles. The third kappa shape index (κ3) is 2.98. The number of hydrogen-bond donors (Lipinski definition) is 1. The van der Waals surface area contributed by atoms with Crippen LogP contribution in [-0.4, -0.2) is 59.4 Å². The summed E-state index contributed by atoms with van der Waals surface area (Å²) in [5, 5.41) is 3.15. The number of rotatable bonds is 1. The van der Waals surface area contributed by atoms with E-state index in [9.17, 15) is 14.4 Å². The molecule has 0 unspecified atom stereocenters. The average molecular weight is 397 g/mol. The Morgan fingerprint density at radius 1 is 1.10 bits per heavy atom. The zero-order valence-corrected chi connectivity index (χ0v) is 16.7. The SMILES string of the molecule is CC(=O)N1CCN(C(=O)[C@H]2C[C@@H]3CC[C@@H]2C[C@@]32NC(=O)c3ccccc3O2)CC1. The monoisotopic (exact) mass is 397 g/mol. The summed E-state index contributed by atoms with van der Waals surface area (Å²) >= 11 is 0. The van der Waals surface area contributed by atoms with Crippen molar-refractivity contribution in [3.63, 3.8) is 0 Å². The van der Waals surface area contributed by atoms with Gasteiger partial charge >= 0.3 is 0 Å². The Hall–Kier alpha value is -2.57. The Bertz CT molecular complexity index is 863. The molecule has 1 aromatic rings. The Kier molecular flexibility index (Phi) is 4.29. The Morgan fingerprint density at radius 3 is 2.52 bits per heavy atom. The highest BCUT2D eigenvalue weighted by atomic mass is 16.5. The van der Waals surface area contributed by atoms with Gasteiger partial charge in [-0.25, -0.2) is 0 Å². The van der Waals surface area contributed by atoms with Gasteiger partial charge in [0.2, 0.25) is 11.8 Å². The van der Waals surface area contributed by atoms with Crippen molar-refractivity contribution in [1.29, 1.82) is 0 Å². The Balaban J connectivity index is 1.31. The lowest BCUT2D eigenvalue weighted by molar-refractivity contribution is -0.158. The normalized spacial score (nSPS) is 33.1. The minimum Gasteiger partial charge on any atom is -0.467 e. The molecule has 2 aliphatic heterocycles. The van der Waals surface area contributed by atoms with E-state index >= 15 is 0 Å². The summed E-state index contributed by atoms with van der Waals surface area (Å²) in [6, 6.07) is 7.37. The van der Waals surface area contributed by atoms with E-state index in [1.807, 2.05) is 23.1 Å². The molecule has 0 radical (unpaired) electrons. The molecule has 4 atom stereocenters. The molecule has 29 heavy (non-hydrogen) atoms. The number of piperazine rings is 1. The van der Waals surface area contributed by atoms with Crippen molar-refractivity contribution in [2.45, 2.75) is 38.3 Å². The number of carbonyl (C=O) groups is 3. The third-order valence-electron chi connectivity index (χ3n) is 7.32. The van der Waals surface area contributed by atoms with Crippen LogP contribution >= 0.6 is 0 Å². The van der Waals surface area contributed by atoms with Gasteiger partial charge in [0.15, 0.2) is 5.72 Å². The first-order chi connectivity index (χ1) is 14.0. The van der Waals surface area contributed by atoms with E-state index in [2.05, 4.69) is 5.32 Å². The summed E-state index contributed by atoms with van der Waals surface area (Å²) in [5.41, 5.74) is -0.103.